The van der Waals surface area contributed by atoms with Gasteiger partial charge in [0, 0.05) is 13.3 Å². The van der Waals surface area contributed by atoms with Gasteiger partial charge < -0.3 is 20.5 Å². The van der Waals surface area contributed by atoms with Gasteiger partial charge in [-0.3, -0.25) is 14.4 Å². The van der Waals surface area contributed by atoms with Crippen molar-refractivity contribution in [1.29, 1.82) is 0 Å². The third-order valence-electron chi connectivity index (χ3n) is 4.20. The van der Waals surface area contributed by atoms with E-state index in [9.17, 15) is 24.3 Å². The van der Waals surface area contributed by atoms with Gasteiger partial charge in [0.05, 0.1) is 6.42 Å². The molecule has 0 radical (unpaired) electrons. The summed E-state index contributed by atoms with van der Waals surface area (Å²) in [6.45, 7) is 1.27. The van der Waals surface area contributed by atoms with Crippen LogP contribution in [0.4, 0.5) is 0 Å². The minimum absolute atomic E-state index is 0.00246. The number of esters is 1. The first-order valence-corrected chi connectivity index (χ1v) is 9.39. The summed E-state index contributed by atoms with van der Waals surface area (Å²) in [7, 11) is 0. The minimum Gasteiger partial charge on any atom is -0.480 e. The summed E-state index contributed by atoms with van der Waals surface area (Å²) in [5.74, 6) is -3.26. The molecule has 0 aliphatic rings. The highest BCUT2D eigenvalue weighted by molar-refractivity contribution is 5.91. The SMILES string of the molecule is CC(=O)N[C@@H](Cc1ccccc1)C(=O)N[C@@H](CC(=O)OCc1ccccc1)C(=O)O. The van der Waals surface area contributed by atoms with Gasteiger partial charge in [-0.05, 0) is 11.1 Å². The van der Waals surface area contributed by atoms with E-state index in [2.05, 4.69) is 10.6 Å². The van der Waals surface area contributed by atoms with E-state index in [-0.39, 0.29) is 13.0 Å². The molecule has 2 rings (SSSR count). The largest absolute Gasteiger partial charge is 0.480 e. The predicted molar refractivity (Wildman–Crippen MR) is 108 cm³/mol. The molecule has 158 valence electrons. The molecule has 2 aromatic carbocycles. The number of ether oxygens (including phenoxy) is 1. The lowest BCUT2D eigenvalue weighted by molar-refractivity contribution is -0.151. The molecule has 0 aliphatic heterocycles. The highest BCUT2D eigenvalue weighted by atomic mass is 16.5. The maximum absolute atomic E-state index is 12.6. The molecule has 3 N–H and O–H groups in total. The average Bonchev–Trinajstić information content (AvgIpc) is 2.72. The van der Waals surface area contributed by atoms with Gasteiger partial charge in [0.1, 0.15) is 18.7 Å². The Morgan fingerprint density at radius 2 is 1.43 bits per heavy atom. The van der Waals surface area contributed by atoms with Crippen molar-refractivity contribution in [3.63, 3.8) is 0 Å². The Labute approximate surface area is 174 Å². The van der Waals surface area contributed by atoms with Crippen LogP contribution in [0.25, 0.3) is 0 Å². The van der Waals surface area contributed by atoms with Gasteiger partial charge in [-0.1, -0.05) is 60.7 Å². The first-order chi connectivity index (χ1) is 14.3. The molecule has 0 spiro atoms. The number of aliphatic carboxylic acids is 1. The second-order valence-corrected chi connectivity index (χ2v) is 6.69. The number of carbonyl (C=O) groups is 4. The topological polar surface area (TPSA) is 122 Å². The maximum Gasteiger partial charge on any atom is 0.326 e. The fourth-order valence-corrected chi connectivity index (χ4v) is 2.74. The molecule has 0 aliphatic carbocycles. The van der Waals surface area contributed by atoms with Gasteiger partial charge in [-0.25, -0.2) is 4.79 Å². The third kappa shape index (κ3) is 7.75. The van der Waals surface area contributed by atoms with Crippen LogP contribution in [0, 0.1) is 0 Å². The molecule has 2 amide bonds. The first kappa shape index (κ1) is 22.6. The van der Waals surface area contributed by atoms with E-state index in [1.165, 1.54) is 6.92 Å². The van der Waals surface area contributed by atoms with Gasteiger partial charge >= 0.3 is 11.9 Å². The van der Waals surface area contributed by atoms with Crippen LogP contribution in [0.2, 0.25) is 0 Å². The number of rotatable bonds is 10. The van der Waals surface area contributed by atoms with Crippen molar-refractivity contribution < 1.29 is 29.0 Å². The van der Waals surface area contributed by atoms with Crippen molar-refractivity contribution in [1.82, 2.24) is 10.6 Å². The zero-order chi connectivity index (χ0) is 21.9. The highest BCUT2D eigenvalue weighted by Crippen LogP contribution is 2.06. The second-order valence-electron chi connectivity index (χ2n) is 6.69. The molecule has 2 aromatic rings. The molecular weight excluding hydrogens is 388 g/mol. The lowest BCUT2D eigenvalue weighted by Crippen LogP contribution is -2.52. The zero-order valence-electron chi connectivity index (χ0n) is 16.5. The molecule has 0 unspecified atom stereocenters. The van der Waals surface area contributed by atoms with Crippen LogP contribution in [-0.2, 0) is 36.9 Å². The molecular formula is C22H24N2O6. The van der Waals surface area contributed by atoms with Crippen molar-refractivity contribution in [2.75, 3.05) is 0 Å². The summed E-state index contributed by atoms with van der Waals surface area (Å²) in [5.41, 5.74) is 1.55. The Morgan fingerprint density at radius 1 is 0.867 bits per heavy atom. The second kappa shape index (κ2) is 11.4. The number of nitrogens with one attached hydrogen (secondary N) is 2. The Balaban J connectivity index is 1.98. The molecule has 2 atom stereocenters. The smallest absolute Gasteiger partial charge is 0.326 e. The third-order valence-corrected chi connectivity index (χ3v) is 4.20. The summed E-state index contributed by atoms with van der Waals surface area (Å²) in [6.07, 6.45) is -0.358. The van der Waals surface area contributed by atoms with Crippen molar-refractivity contribution in [3.05, 3.63) is 71.8 Å². The fourth-order valence-electron chi connectivity index (χ4n) is 2.74. The van der Waals surface area contributed by atoms with Crippen LogP contribution in [-0.4, -0.2) is 40.9 Å². The summed E-state index contributed by atoms with van der Waals surface area (Å²) in [4.78, 5) is 47.7. The number of amides is 2. The van der Waals surface area contributed by atoms with Crippen LogP contribution >= 0.6 is 0 Å². The van der Waals surface area contributed by atoms with Gasteiger partial charge in [-0.15, -0.1) is 0 Å². The van der Waals surface area contributed by atoms with E-state index in [0.717, 1.165) is 11.1 Å². The van der Waals surface area contributed by atoms with E-state index in [1.54, 1.807) is 48.5 Å². The van der Waals surface area contributed by atoms with E-state index in [1.807, 2.05) is 12.1 Å². The summed E-state index contributed by atoms with van der Waals surface area (Å²) in [6, 6.07) is 15.5. The van der Waals surface area contributed by atoms with Crippen LogP contribution in [0.5, 0.6) is 0 Å². The van der Waals surface area contributed by atoms with Crippen molar-refractivity contribution in [2.45, 2.75) is 38.5 Å². The van der Waals surface area contributed by atoms with Gasteiger partial charge in [0.25, 0.3) is 0 Å². The molecule has 0 saturated heterocycles. The van der Waals surface area contributed by atoms with Crippen molar-refractivity contribution >= 4 is 23.8 Å². The lowest BCUT2D eigenvalue weighted by atomic mass is 10.0. The number of carboxylic acids is 1. The Hall–Kier alpha value is -3.68. The molecule has 30 heavy (non-hydrogen) atoms. The summed E-state index contributed by atoms with van der Waals surface area (Å²) in [5, 5.41) is 14.2. The van der Waals surface area contributed by atoms with Crippen LogP contribution in [0.15, 0.2) is 60.7 Å². The van der Waals surface area contributed by atoms with E-state index >= 15 is 0 Å². The predicted octanol–water partition coefficient (Wildman–Crippen LogP) is 1.44. The Morgan fingerprint density at radius 3 is 1.97 bits per heavy atom. The molecule has 0 fully saturated rings. The Bertz CT molecular complexity index is 870. The molecule has 0 heterocycles. The first-order valence-electron chi connectivity index (χ1n) is 9.39. The van der Waals surface area contributed by atoms with Crippen LogP contribution < -0.4 is 10.6 Å². The molecule has 8 heteroatoms. The van der Waals surface area contributed by atoms with Crippen molar-refractivity contribution in [3.8, 4) is 0 Å². The van der Waals surface area contributed by atoms with E-state index < -0.39 is 42.3 Å². The standard InChI is InChI=1S/C22H24N2O6/c1-15(25)23-18(12-16-8-4-2-5-9-16)21(27)24-19(22(28)29)13-20(26)30-14-17-10-6-3-7-11-17/h2-11,18-19H,12-14H2,1H3,(H,23,25)(H,24,27)(H,28,29)/t18-,19-/m0/s1. The number of hydrogen-bond acceptors (Lipinski definition) is 5. The highest BCUT2D eigenvalue weighted by Gasteiger charge is 2.28. The lowest BCUT2D eigenvalue weighted by Gasteiger charge is -2.21. The molecule has 0 aromatic heterocycles. The van der Waals surface area contributed by atoms with E-state index in [0.29, 0.717) is 0 Å². The maximum atomic E-state index is 12.6. The number of carbonyl (C=O) groups excluding carboxylic acids is 3. The number of hydrogen-bond donors (Lipinski definition) is 3. The van der Waals surface area contributed by atoms with Crippen molar-refractivity contribution in [2.24, 2.45) is 0 Å². The van der Waals surface area contributed by atoms with Gasteiger partial charge in [0.2, 0.25) is 11.8 Å². The minimum atomic E-state index is -1.48. The summed E-state index contributed by atoms with van der Waals surface area (Å²) < 4.78 is 5.09. The molecule has 0 bridgehead atoms. The fraction of sp³-hybridized carbons (Fsp3) is 0.273. The van der Waals surface area contributed by atoms with Gasteiger partial charge in [0.15, 0.2) is 0 Å². The van der Waals surface area contributed by atoms with Crippen LogP contribution in [0.3, 0.4) is 0 Å². The normalized spacial score (nSPS) is 12.3. The molecule has 8 nitrogen and oxygen atoms in total. The molecule has 0 saturated carbocycles. The number of carboxylic acid groups (broad SMARTS) is 1. The van der Waals surface area contributed by atoms with E-state index in [4.69, 9.17) is 4.74 Å². The van der Waals surface area contributed by atoms with Crippen LogP contribution in [0.1, 0.15) is 24.5 Å². The monoisotopic (exact) mass is 412 g/mol. The average molecular weight is 412 g/mol. The zero-order valence-corrected chi connectivity index (χ0v) is 16.5. The summed E-state index contributed by atoms with van der Waals surface area (Å²) >= 11 is 0. The van der Waals surface area contributed by atoms with Gasteiger partial charge in [-0.2, -0.15) is 0 Å². The Kier molecular flexibility index (Phi) is 8.56. The quantitative estimate of drug-likeness (QED) is 0.508. The number of benzene rings is 2.